The molecule has 0 bridgehead atoms. The van der Waals surface area contributed by atoms with Crippen molar-refractivity contribution in [2.24, 2.45) is 0 Å². The van der Waals surface area contributed by atoms with Crippen LogP contribution < -0.4 is 0 Å². The summed E-state index contributed by atoms with van der Waals surface area (Å²) in [6.07, 6.45) is 0.183. The van der Waals surface area contributed by atoms with E-state index in [0.717, 1.165) is 16.6 Å². The average Bonchev–Trinajstić information content (AvgIpc) is 2.68. The first-order valence-electron chi connectivity index (χ1n) is 5.55. The molecular weight excluding hydrogens is 216 g/mol. The second kappa shape index (κ2) is 4.20. The third-order valence-electron chi connectivity index (χ3n) is 3.19. The molecule has 4 nitrogen and oxygen atoms in total. The van der Waals surface area contributed by atoms with Gasteiger partial charge in [0, 0.05) is 0 Å². The van der Waals surface area contributed by atoms with E-state index in [9.17, 15) is 4.79 Å². The number of carbonyl (C=O) groups excluding carboxylic acids is 1. The first kappa shape index (κ1) is 11.6. The number of ether oxygens (including phenoxy) is 1. The molecule has 0 unspecified atom stereocenters. The minimum atomic E-state index is -0.282. The summed E-state index contributed by atoms with van der Waals surface area (Å²) in [7, 11) is 1.38. The molecule has 4 heteroatoms. The molecule has 17 heavy (non-hydrogen) atoms. The molecule has 1 heterocycles. The van der Waals surface area contributed by atoms with Crippen LogP contribution in [0.3, 0.4) is 0 Å². The topological polar surface area (TPSA) is 55.0 Å². The molecule has 2 aromatic rings. The van der Waals surface area contributed by atoms with E-state index in [4.69, 9.17) is 0 Å². The summed E-state index contributed by atoms with van der Waals surface area (Å²) in [5.41, 5.74) is 5.54. The molecule has 0 radical (unpaired) electrons. The van der Waals surface area contributed by atoms with Gasteiger partial charge in [-0.15, -0.1) is 0 Å². The number of hydrogen-bond donors (Lipinski definition) is 1. The summed E-state index contributed by atoms with van der Waals surface area (Å²) < 4.78 is 4.63. The Bertz CT molecular complexity index is 585. The number of methoxy groups -OCH3 is 1. The van der Waals surface area contributed by atoms with E-state index < -0.39 is 0 Å². The number of imidazole rings is 1. The van der Waals surface area contributed by atoms with E-state index in [1.807, 2.05) is 6.92 Å². The number of nitrogens with one attached hydrogen (secondary N) is 1. The van der Waals surface area contributed by atoms with Gasteiger partial charge in [0.25, 0.3) is 0 Å². The fourth-order valence-electron chi connectivity index (χ4n) is 1.92. The number of esters is 1. The van der Waals surface area contributed by atoms with Gasteiger partial charge in [-0.25, -0.2) is 4.98 Å². The zero-order valence-corrected chi connectivity index (χ0v) is 10.5. The number of carbonyl (C=O) groups is 1. The van der Waals surface area contributed by atoms with Crippen LogP contribution in [-0.4, -0.2) is 23.0 Å². The van der Waals surface area contributed by atoms with E-state index in [-0.39, 0.29) is 12.4 Å². The number of hydrogen-bond acceptors (Lipinski definition) is 3. The lowest BCUT2D eigenvalue weighted by Crippen LogP contribution is -2.05. The molecule has 1 N–H and O–H groups in total. The van der Waals surface area contributed by atoms with E-state index in [2.05, 4.69) is 34.6 Å². The SMILES string of the molecule is COC(=O)Cc1nc2c(C)c(C)c(C)cc2[nH]1. The van der Waals surface area contributed by atoms with Crippen molar-refractivity contribution in [1.82, 2.24) is 9.97 Å². The van der Waals surface area contributed by atoms with Crippen LogP contribution in [0, 0.1) is 20.8 Å². The Hall–Kier alpha value is -1.84. The summed E-state index contributed by atoms with van der Waals surface area (Å²) in [4.78, 5) is 18.8. The van der Waals surface area contributed by atoms with E-state index in [1.165, 1.54) is 18.2 Å². The normalized spacial score (nSPS) is 10.8. The van der Waals surface area contributed by atoms with Crippen LogP contribution in [0.1, 0.15) is 22.5 Å². The number of aryl methyl sites for hydroxylation is 2. The van der Waals surface area contributed by atoms with Crippen molar-refractivity contribution >= 4 is 17.0 Å². The number of aromatic nitrogens is 2. The predicted octanol–water partition coefficient (Wildman–Crippen LogP) is 2.20. The minimum Gasteiger partial charge on any atom is -0.469 e. The van der Waals surface area contributed by atoms with E-state index in [1.54, 1.807) is 0 Å². The van der Waals surface area contributed by atoms with Crippen molar-refractivity contribution in [2.45, 2.75) is 27.2 Å². The smallest absolute Gasteiger partial charge is 0.313 e. The highest BCUT2D eigenvalue weighted by Gasteiger charge is 2.11. The summed E-state index contributed by atoms with van der Waals surface area (Å²) in [5.74, 6) is 0.370. The number of H-pyrrole nitrogens is 1. The van der Waals surface area contributed by atoms with Gasteiger partial charge in [0.2, 0.25) is 0 Å². The maximum Gasteiger partial charge on any atom is 0.313 e. The van der Waals surface area contributed by atoms with Gasteiger partial charge >= 0.3 is 5.97 Å². The van der Waals surface area contributed by atoms with Crippen LogP contribution in [0.2, 0.25) is 0 Å². The van der Waals surface area contributed by atoms with Crippen molar-refractivity contribution < 1.29 is 9.53 Å². The van der Waals surface area contributed by atoms with Crippen molar-refractivity contribution in [1.29, 1.82) is 0 Å². The van der Waals surface area contributed by atoms with Crippen LogP contribution in [0.25, 0.3) is 11.0 Å². The molecular formula is C13H16N2O2. The first-order chi connectivity index (χ1) is 8.02. The number of aromatic amines is 1. The molecule has 0 spiro atoms. The highest BCUT2D eigenvalue weighted by atomic mass is 16.5. The van der Waals surface area contributed by atoms with Crippen LogP contribution in [0.5, 0.6) is 0 Å². The number of fused-ring (bicyclic) bond motifs is 1. The van der Waals surface area contributed by atoms with Crippen LogP contribution in [-0.2, 0) is 16.0 Å². The Balaban J connectivity index is 2.50. The van der Waals surface area contributed by atoms with E-state index in [0.29, 0.717) is 5.82 Å². The zero-order chi connectivity index (χ0) is 12.6. The molecule has 0 atom stereocenters. The monoisotopic (exact) mass is 232 g/mol. The van der Waals surface area contributed by atoms with Gasteiger partial charge in [-0.3, -0.25) is 4.79 Å². The summed E-state index contributed by atoms with van der Waals surface area (Å²) >= 11 is 0. The lowest BCUT2D eigenvalue weighted by Gasteiger charge is -2.04. The van der Waals surface area contributed by atoms with E-state index >= 15 is 0 Å². The molecule has 1 aromatic carbocycles. The largest absolute Gasteiger partial charge is 0.469 e. The van der Waals surface area contributed by atoms with Crippen molar-refractivity contribution in [3.63, 3.8) is 0 Å². The van der Waals surface area contributed by atoms with Gasteiger partial charge in [-0.1, -0.05) is 0 Å². The van der Waals surface area contributed by atoms with Gasteiger partial charge in [0.15, 0.2) is 0 Å². The molecule has 0 saturated carbocycles. The predicted molar refractivity (Wildman–Crippen MR) is 66.0 cm³/mol. The maximum absolute atomic E-state index is 11.2. The molecule has 0 amide bonds. The maximum atomic E-state index is 11.2. The summed E-state index contributed by atoms with van der Waals surface area (Å²) in [6.45, 7) is 6.20. The van der Waals surface area contributed by atoms with Crippen molar-refractivity contribution in [2.75, 3.05) is 7.11 Å². The molecule has 0 aliphatic rings. The lowest BCUT2D eigenvalue weighted by molar-refractivity contribution is -0.139. The van der Waals surface area contributed by atoms with Crippen LogP contribution in [0.4, 0.5) is 0 Å². The van der Waals surface area contributed by atoms with Gasteiger partial charge < -0.3 is 9.72 Å². The zero-order valence-electron chi connectivity index (χ0n) is 10.5. The van der Waals surface area contributed by atoms with Crippen molar-refractivity contribution in [3.8, 4) is 0 Å². The fraction of sp³-hybridized carbons (Fsp3) is 0.385. The van der Waals surface area contributed by atoms with Gasteiger partial charge in [-0.2, -0.15) is 0 Å². The lowest BCUT2D eigenvalue weighted by atomic mass is 10.0. The Morgan fingerprint density at radius 2 is 2.06 bits per heavy atom. The Kier molecular flexibility index (Phi) is 2.88. The van der Waals surface area contributed by atoms with Crippen molar-refractivity contribution in [3.05, 3.63) is 28.6 Å². The number of benzene rings is 1. The third-order valence-corrected chi connectivity index (χ3v) is 3.19. The molecule has 1 aromatic heterocycles. The Morgan fingerprint density at radius 3 is 2.71 bits per heavy atom. The highest BCUT2D eigenvalue weighted by molar-refractivity contribution is 5.82. The Morgan fingerprint density at radius 1 is 1.35 bits per heavy atom. The third kappa shape index (κ3) is 2.02. The summed E-state index contributed by atoms with van der Waals surface area (Å²) in [6, 6.07) is 2.06. The van der Waals surface area contributed by atoms with Crippen LogP contribution in [0.15, 0.2) is 6.07 Å². The van der Waals surface area contributed by atoms with Gasteiger partial charge in [-0.05, 0) is 43.5 Å². The number of nitrogens with zero attached hydrogens (tertiary/aromatic N) is 1. The van der Waals surface area contributed by atoms with Crippen LogP contribution >= 0.6 is 0 Å². The average molecular weight is 232 g/mol. The molecule has 0 saturated heterocycles. The van der Waals surface area contributed by atoms with Gasteiger partial charge in [0.05, 0.1) is 18.1 Å². The quantitative estimate of drug-likeness (QED) is 0.807. The molecule has 0 fully saturated rings. The minimum absolute atomic E-state index is 0.183. The fourth-order valence-corrected chi connectivity index (χ4v) is 1.92. The second-order valence-corrected chi connectivity index (χ2v) is 4.28. The molecule has 0 aliphatic heterocycles. The second-order valence-electron chi connectivity index (χ2n) is 4.28. The first-order valence-corrected chi connectivity index (χ1v) is 5.55. The van der Waals surface area contributed by atoms with Gasteiger partial charge in [0.1, 0.15) is 12.2 Å². The molecule has 2 rings (SSSR count). The standard InChI is InChI=1S/C13H16N2O2/c1-7-5-10-13(9(3)8(7)2)15-11(14-10)6-12(16)17-4/h5H,6H2,1-4H3,(H,14,15). The number of rotatable bonds is 2. The molecule has 0 aliphatic carbocycles. The Labute approximate surface area is 100 Å². The molecule has 90 valence electrons. The highest BCUT2D eigenvalue weighted by Crippen LogP contribution is 2.22. The summed E-state index contributed by atoms with van der Waals surface area (Å²) in [5, 5.41) is 0.